The Morgan fingerprint density at radius 1 is 1.08 bits per heavy atom. The van der Waals surface area contributed by atoms with E-state index in [1.54, 1.807) is 6.92 Å². The summed E-state index contributed by atoms with van der Waals surface area (Å²) in [5.74, 6) is -0.364. The van der Waals surface area contributed by atoms with Crippen LogP contribution in [0, 0.1) is 6.92 Å². The predicted octanol–water partition coefficient (Wildman–Crippen LogP) is 4.76. The molecule has 0 aliphatic heterocycles. The highest BCUT2D eigenvalue weighted by Crippen LogP contribution is 2.26. The Morgan fingerprint density at radius 2 is 1.75 bits per heavy atom. The molecule has 0 N–H and O–H groups in total. The fourth-order valence-corrected chi connectivity index (χ4v) is 2.36. The molecule has 0 aliphatic carbocycles. The van der Waals surface area contributed by atoms with Gasteiger partial charge in [0.2, 0.25) is 0 Å². The van der Waals surface area contributed by atoms with E-state index in [0.29, 0.717) is 25.2 Å². The van der Waals surface area contributed by atoms with Crippen molar-refractivity contribution in [3.05, 3.63) is 83.4 Å². The summed E-state index contributed by atoms with van der Waals surface area (Å²) >= 11 is 0. The molecule has 2 aromatic rings. The lowest BCUT2D eigenvalue weighted by atomic mass is 10.0. The molecule has 1 unspecified atom stereocenters. The second-order valence-corrected chi connectivity index (χ2v) is 5.72. The van der Waals surface area contributed by atoms with Crippen LogP contribution in [0.5, 0.6) is 0 Å². The van der Waals surface area contributed by atoms with E-state index >= 15 is 0 Å². The highest BCUT2D eigenvalue weighted by molar-refractivity contribution is 5.87. The minimum absolute atomic E-state index is 0.232. The fourth-order valence-electron chi connectivity index (χ4n) is 2.36. The maximum absolute atomic E-state index is 11.8. The van der Waals surface area contributed by atoms with Crippen molar-refractivity contribution in [2.45, 2.75) is 33.0 Å². The van der Waals surface area contributed by atoms with E-state index in [1.165, 1.54) is 5.56 Å². The largest absolute Gasteiger partial charge is 0.463 e. The monoisotopic (exact) mass is 324 g/mol. The molecule has 2 aromatic carbocycles. The summed E-state index contributed by atoms with van der Waals surface area (Å²) in [6, 6.07) is 18.1. The molecule has 0 aliphatic rings. The molecule has 0 amide bonds. The molecule has 0 aromatic heterocycles. The third kappa shape index (κ3) is 5.36. The average molecular weight is 324 g/mol. The Balaban J connectivity index is 2.07. The quantitative estimate of drug-likeness (QED) is 0.518. The SMILES string of the molecule is C=C(CC(OCc1ccc(C)cc1)c1ccccc1)C(=O)OCC. The molecule has 0 bridgehead atoms. The Labute approximate surface area is 143 Å². The predicted molar refractivity (Wildman–Crippen MR) is 95.5 cm³/mol. The number of esters is 1. The number of hydrogen-bond acceptors (Lipinski definition) is 3. The third-order valence-electron chi connectivity index (χ3n) is 3.74. The Bertz CT molecular complexity index is 659. The summed E-state index contributed by atoms with van der Waals surface area (Å²) in [5, 5.41) is 0. The summed E-state index contributed by atoms with van der Waals surface area (Å²) in [6.07, 6.45) is 0.179. The van der Waals surface area contributed by atoms with Crippen molar-refractivity contribution in [1.82, 2.24) is 0 Å². The molecule has 0 radical (unpaired) electrons. The van der Waals surface area contributed by atoms with E-state index in [1.807, 2.05) is 30.3 Å². The summed E-state index contributed by atoms with van der Waals surface area (Å²) < 4.78 is 11.1. The zero-order chi connectivity index (χ0) is 17.4. The van der Waals surface area contributed by atoms with Gasteiger partial charge in [-0.1, -0.05) is 66.7 Å². The summed E-state index contributed by atoms with van der Waals surface area (Å²) in [5.41, 5.74) is 3.77. The van der Waals surface area contributed by atoms with Crippen LogP contribution >= 0.6 is 0 Å². The van der Waals surface area contributed by atoms with Crippen LogP contribution in [0.4, 0.5) is 0 Å². The van der Waals surface area contributed by atoms with Crippen molar-refractivity contribution >= 4 is 5.97 Å². The van der Waals surface area contributed by atoms with E-state index in [4.69, 9.17) is 9.47 Å². The van der Waals surface area contributed by atoms with Crippen LogP contribution in [-0.4, -0.2) is 12.6 Å². The van der Waals surface area contributed by atoms with Crippen molar-refractivity contribution in [3.63, 3.8) is 0 Å². The van der Waals surface area contributed by atoms with Crippen LogP contribution in [0.3, 0.4) is 0 Å². The van der Waals surface area contributed by atoms with E-state index < -0.39 is 0 Å². The molecule has 0 heterocycles. The molecule has 3 nitrogen and oxygen atoms in total. The molecule has 1 atom stereocenters. The highest BCUT2D eigenvalue weighted by atomic mass is 16.5. The van der Waals surface area contributed by atoms with E-state index in [0.717, 1.165) is 11.1 Å². The van der Waals surface area contributed by atoms with Gasteiger partial charge in [0.05, 0.1) is 19.3 Å². The number of rotatable bonds is 8. The van der Waals surface area contributed by atoms with Gasteiger partial charge in [-0.2, -0.15) is 0 Å². The van der Waals surface area contributed by atoms with Crippen molar-refractivity contribution < 1.29 is 14.3 Å². The van der Waals surface area contributed by atoms with Crippen molar-refractivity contribution in [2.75, 3.05) is 6.61 Å². The van der Waals surface area contributed by atoms with Crippen LogP contribution in [0.25, 0.3) is 0 Å². The molecule has 3 heteroatoms. The molecular weight excluding hydrogens is 300 g/mol. The third-order valence-corrected chi connectivity index (χ3v) is 3.74. The van der Waals surface area contributed by atoms with Gasteiger partial charge in [-0.3, -0.25) is 0 Å². The summed E-state index contributed by atoms with van der Waals surface area (Å²) in [4.78, 5) is 11.8. The van der Waals surface area contributed by atoms with Crippen molar-refractivity contribution in [3.8, 4) is 0 Å². The molecule has 24 heavy (non-hydrogen) atoms. The van der Waals surface area contributed by atoms with Gasteiger partial charge in [0.25, 0.3) is 0 Å². The van der Waals surface area contributed by atoms with Crippen LogP contribution in [0.2, 0.25) is 0 Å². The normalized spacial score (nSPS) is 11.8. The lowest BCUT2D eigenvalue weighted by Gasteiger charge is -2.19. The minimum Gasteiger partial charge on any atom is -0.463 e. The minimum atomic E-state index is -0.364. The van der Waals surface area contributed by atoms with Crippen LogP contribution in [0.1, 0.15) is 36.1 Å². The standard InChI is InChI=1S/C21H24O3/c1-4-23-21(22)17(3)14-20(19-8-6-5-7-9-19)24-15-18-12-10-16(2)11-13-18/h5-13,20H,3-4,14-15H2,1-2H3. The number of ether oxygens (including phenoxy) is 2. The first-order valence-corrected chi connectivity index (χ1v) is 8.17. The summed E-state index contributed by atoms with van der Waals surface area (Å²) in [7, 11) is 0. The van der Waals surface area contributed by atoms with Crippen LogP contribution in [-0.2, 0) is 20.9 Å². The van der Waals surface area contributed by atoms with Crippen LogP contribution in [0.15, 0.2) is 66.7 Å². The van der Waals surface area contributed by atoms with Gasteiger partial charge in [-0.25, -0.2) is 4.79 Å². The van der Waals surface area contributed by atoms with Gasteiger partial charge >= 0.3 is 5.97 Å². The van der Waals surface area contributed by atoms with E-state index in [2.05, 4.69) is 37.8 Å². The van der Waals surface area contributed by atoms with Gasteiger partial charge in [-0.15, -0.1) is 0 Å². The van der Waals surface area contributed by atoms with Gasteiger partial charge in [0, 0.05) is 12.0 Å². The molecule has 0 saturated carbocycles. The number of carbonyl (C=O) groups excluding carboxylic acids is 1. The zero-order valence-corrected chi connectivity index (χ0v) is 14.3. The lowest BCUT2D eigenvalue weighted by Crippen LogP contribution is -2.12. The first-order chi connectivity index (χ1) is 11.6. The number of carbonyl (C=O) groups is 1. The first-order valence-electron chi connectivity index (χ1n) is 8.17. The van der Waals surface area contributed by atoms with Crippen LogP contribution < -0.4 is 0 Å². The average Bonchev–Trinajstić information content (AvgIpc) is 2.60. The number of hydrogen-bond donors (Lipinski definition) is 0. The van der Waals surface area contributed by atoms with Gasteiger partial charge in [0.15, 0.2) is 0 Å². The summed E-state index contributed by atoms with van der Waals surface area (Å²) in [6.45, 7) is 8.52. The molecule has 2 rings (SSSR count). The number of benzene rings is 2. The second kappa shape index (κ2) is 9.04. The second-order valence-electron chi connectivity index (χ2n) is 5.72. The first kappa shape index (κ1) is 18.0. The van der Waals surface area contributed by atoms with E-state index in [-0.39, 0.29) is 12.1 Å². The Hall–Kier alpha value is -2.39. The van der Waals surface area contributed by atoms with Crippen molar-refractivity contribution in [1.29, 1.82) is 0 Å². The molecule has 0 saturated heterocycles. The van der Waals surface area contributed by atoms with Gasteiger partial charge in [0.1, 0.15) is 0 Å². The molecular formula is C21H24O3. The lowest BCUT2D eigenvalue weighted by molar-refractivity contribution is -0.139. The van der Waals surface area contributed by atoms with Crippen molar-refractivity contribution in [2.24, 2.45) is 0 Å². The number of aryl methyl sites for hydroxylation is 1. The smallest absolute Gasteiger partial charge is 0.333 e. The van der Waals surface area contributed by atoms with Gasteiger partial charge < -0.3 is 9.47 Å². The Morgan fingerprint density at radius 3 is 2.38 bits per heavy atom. The maximum atomic E-state index is 11.8. The van der Waals surface area contributed by atoms with E-state index in [9.17, 15) is 4.79 Å². The Kier molecular flexibility index (Phi) is 6.76. The highest BCUT2D eigenvalue weighted by Gasteiger charge is 2.18. The molecule has 0 spiro atoms. The van der Waals surface area contributed by atoms with Gasteiger partial charge in [-0.05, 0) is 25.0 Å². The zero-order valence-electron chi connectivity index (χ0n) is 14.3. The maximum Gasteiger partial charge on any atom is 0.333 e. The topological polar surface area (TPSA) is 35.5 Å². The molecule has 0 fully saturated rings. The molecule has 126 valence electrons. The fraction of sp³-hybridized carbons (Fsp3) is 0.286.